The Morgan fingerprint density at radius 3 is 2.44 bits per heavy atom. The number of benzene rings is 2. The van der Waals surface area contributed by atoms with Gasteiger partial charge in [-0.05, 0) is 36.4 Å². The van der Waals surface area contributed by atoms with E-state index < -0.39 is 12.1 Å². The SMILES string of the molecule is O=C(O)CCNC(=O)c1ccc(NC(=O)C2COc3ccccc3O2)cc1. The second-order valence-corrected chi connectivity index (χ2v) is 5.83. The van der Waals surface area contributed by atoms with Crippen LogP contribution in [-0.2, 0) is 9.59 Å². The van der Waals surface area contributed by atoms with Crippen LogP contribution in [0.15, 0.2) is 48.5 Å². The van der Waals surface area contributed by atoms with Gasteiger partial charge in [0, 0.05) is 17.8 Å². The van der Waals surface area contributed by atoms with Crippen molar-refractivity contribution in [3.63, 3.8) is 0 Å². The van der Waals surface area contributed by atoms with Crippen molar-refractivity contribution in [3.8, 4) is 11.5 Å². The summed E-state index contributed by atoms with van der Waals surface area (Å²) < 4.78 is 11.2. The number of ether oxygens (including phenoxy) is 2. The maximum atomic E-state index is 12.4. The highest BCUT2D eigenvalue weighted by atomic mass is 16.6. The first-order chi connectivity index (χ1) is 13.0. The topological polar surface area (TPSA) is 114 Å². The third-order valence-electron chi connectivity index (χ3n) is 3.84. The highest BCUT2D eigenvalue weighted by Gasteiger charge is 2.27. The molecule has 1 aliphatic heterocycles. The predicted molar refractivity (Wildman–Crippen MR) is 96.0 cm³/mol. The molecule has 0 fully saturated rings. The van der Waals surface area contributed by atoms with E-state index in [1.807, 2.05) is 6.07 Å². The number of carboxylic acids is 1. The van der Waals surface area contributed by atoms with E-state index in [0.29, 0.717) is 22.7 Å². The van der Waals surface area contributed by atoms with Gasteiger partial charge in [-0.2, -0.15) is 0 Å². The van der Waals surface area contributed by atoms with Crippen LogP contribution >= 0.6 is 0 Å². The molecule has 0 saturated carbocycles. The Balaban J connectivity index is 1.54. The highest BCUT2D eigenvalue weighted by molar-refractivity contribution is 5.97. The van der Waals surface area contributed by atoms with Crippen molar-refractivity contribution in [2.45, 2.75) is 12.5 Å². The number of nitrogens with one attached hydrogen (secondary N) is 2. The van der Waals surface area contributed by atoms with Crippen molar-refractivity contribution in [2.75, 3.05) is 18.5 Å². The molecule has 0 aliphatic carbocycles. The summed E-state index contributed by atoms with van der Waals surface area (Å²) in [5, 5.41) is 13.8. The molecular weight excluding hydrogens is 352 g/mol. The van der Waals surface area contributed by atoms with Gasteiger partial charge in [-0.15, -0.1) is 0 Å². The summed E-state index contributed by atoms with van der Waals surface area (Å²) in [5.41, 5.74) is 0.870. The summed E-state index contributed by atoms with van der Waals surface area (Å²) in [4.78, 5) is 34.7. The van der Waals surface area contributed by atoms with Gasteiger partial charge in [-0.1, -0.05) is 12.1 Å². The molecule has 1 heterocycles. The van der Waals surface area contributed by atoms with Gasteiger partial charge < -0.3 is 25.2 Å². The van der Waals surface area contributed by atoms with Crippen LogP contribution in [0.4, 0.5) is 5.69 Å². The van der Waals surface area contributed by atoms with Gasteiger partial charge in [0.2, 0.25) is 6.10 Å². The van der Waals surface area contributed by atoms with E-state index in [2.05, 4.69) is 10.6 Å². The van der Waals surface area contributed by atoms with Crippen molar-refractivity contribution >= 4 is 23.5 Å². The lowest BCUT2D eigenvalue weighted by Gasteiger charge is -2.25. The first kappa shape index (κ1) is 18.2. The van der Waals surface area contributed by atoms with E-state index in [0.717, 1.165) is 0 Å². The Labute approximate surface area is 155 Å². The Bertz CT molecular complexity index is 850. The Morgan fingerprint density at radius 1 is 1.04 bits per heavy atom. The van der Waals surface area contributed by atoms with Gasteiger partial charge in [0.1, 0.15) is 6.61 Å². The number of para-hydroxylation sites is 2. The Kier molecular flexibility index (Phi) is 5.55. The van der Waals surface area contributed by atoms with Crippen LogP contribution in [0.3, 0.4) is 0 Å². The Hall–Kier alpha value is -3.55. The molecule has 3 N–H and O–H groups in total. The smallest absolute Gasteiger partial charge is 0.305 e. The van der Waals surface area contributed by atoms with E-state index in [9.17, 15) is 14.4 Å². The molecule has 8 nitrogen and oxygen atoms in total. The van der Waals surface area contributed by atoms with E-state index in [4.69, 9.17) is 14.6 Å². The molecule has 0 aromatic heterocycles. The minimum Gasteiger partial charge on any atom is -0.485 e. The molecule has 0 saturated heterocycles. The molecule has 2 aromatic carbocycles. The summed E-state index contributed by atoms with van der Waals surface area (Å²) in [6.07, 6.45) is -0.925. The third kappa shape index (κ3) is 4.75. The maximum absolute atomic E-state index is 12.4. The van der Waals surface area contributed by atoms with Crippen LogP contribution in [0.2, 0.25) is 0 Å². The average molecular weight is 370 g/mol. The monoisotopic (exact) mass is 370 g/mol. The third-order valence-corrected chi connectivity index (χ3v) is 3.84. The zero-order valence-electron chi connectivity index (χ0n) is 14.3. The fraction of sp³-hybridized carbons (Fsp3) is 0.211. The number of anilines is 1. The molecule has 1 atom stereocenters. The zero-order valence-corrected chi connectivity index (χ0v) is 14.3. The van der Waals surface area contributed by atoms with Crippen molar-refractivity contribution in [1.29, 1.82) is 0 Å². The van der Waals surface area contributed by atoms with Crippen molar-refractivity contribution in [1.82, 2.24) is 5.32 Å². The number of carboxylic acid groups (broad SMARTS) is 1. The van der Waals surface area contributed by atoms with Crippen LogP contribution in [0.1, 0.15) is 16.8 Å². The molecule has 2 amide bonds. The molecule has 1 unspecified atom stereocenters. The van der Waals surface area contributed by atoms with E-state index in [1.165, 1.54) is 0 Å². The normalized spacial score (nSPS) is 14.9. The molecule has 0 radical (unpaired) electrons. The van der Waals surface area contributed by atoms with Gasteiger partial charge in [0.15, 0.2) is 11.5 Å². The van der Waals surface area contributed by atoms with Gasteiger partial charge in [0.05, 0.1) is 6.42 Å². The van der Waals surface area contributed by atoms with E-state index >= 15 is 0 Å². The largest absolute Gasteiger partial charge is 0.485 e. The van der Waals surface area contributed by atoms with E-state index in [-0.39, 0.29) is 31.4 Å². The standard InChI is InChI=1S/C19H18N2O6/c22-17(23)9-10-20-18(24)12-5-7-13(8-6-12)21-19(25)16-11-26-14-3-1-2-4-15(14)27-16/h1-8,16H,9-11H2,(H,20,24)(H,21,25)(H,22,23). The van der Waals surface area contributed by atoms with Crippen molar-refractivity contribution in [3.05, 3.63) is 54.1 Å². The first-order valence-corrected chi connectivity index (χ1v) is 8.32. The Morgan fingerprint density at radius 2 is 1.74 bits per heavy atom. The minimum atomic E-state index is -0.982. The number of amides is 2. The second kappa shape index (κ2) is 8.22. The highest BCUT2D eigenvalue weighted by Crippen LogP contribution is 2.31. The number of carbonyl (C=O) groups is 3. The van der Waals surface area contributed by atoms with E-state index in [1.54, 1.807) is 42.5 Å². The molecule has 140 valence electrons. The molecule has 8 heteroatoms. The fourth-order valence-electron chi connectivity index (χ4n) is 2.46. The number of carbonyl (C=O) groups excluding carboxylic acids is 2. The molecular formula is C19H18N2O6. The summed E-state index contributed by atoms with van der Waals surface area (Å²) >= 11 is 0. The van der Waals surface area contributed by atoms with Crippen LogP contribution in [0.5, 0.6) is 11.5 Å². The van der Waals surface area contributed by atoms with Crippen LogP contribution in [0.25, 0.3) is 0 Å². The molecule has 0 bridgehead atoms. The van der Waals surface area contributed by atoms with Gasteiger partial charge in [-0.25, -0.2) is 0 Å². The second-order valence-electron chi connectivity index (χ2n) is 5.83. The lowest BCUT2D eigenvalue weighted by Crippen LogP contribution is -2.40. The molecule has 0 spiro atoms. The summed E-state index contributed by atoms with van der Waals surface area (Å²) in [6.45, 7) is 0.153. The van der Waals surface area contributed by atoms with Crippen LogP contribution < -0.4 is 20.1 Å². The number of fused-ring (bicyclic) bond motifs is 1. The van der Waals surface area contributed by atoms with Gasteiger partial charge in [0.25, 0.3) is 11.8 Å². The van der Waals surface area contributed by atoms with Gasteiger partial charge >= 0.3 is 5.97 Å². The number of hydrogen-bond acceptors (Lipinski definition) is 5. The number of rotatable bonds is 6. The fourth-order valence-corrected chi connectivity index (χ4v) is 2.46. The summed E-state index contributed by atoms with van der Waals surface area (Å²) in [7, 11) is 0. The molecule has 1 aliphatic rings. The maximum Gasteiger partial charge on any atom is 0.305 e. The summed E-state index contributed by atoms with van der Waals surface area (Å²) in [5.74, 6) is -0.611. The molecule has 2 aromatic rings. The van der Waals surface area contributed by atoms with Crippen molar-refractivity contribution in [2.24, 2.45) is 0 Å². The lowest BCUT2D eigenvalue weighted by molar-refractivity contribution is -0.136. The minimum absolute atomic E-state index is 0.0488. The first-order valence-electron chi connectivity index (χ1n) is 8.32. The quantitative estimate of drug-likeness (QED) is 0.713. The van der Waals surface area contributed by atoms with Crippen LogP contribution in [-0.4, -0.2) is 42.1 Å². The average Bonchev–Trinajstić information content (AvgIpc) is 2.67. The molecule has 27 heavy (non-hydrogen) atoms. The van der Waals surface area contributed by atoms with Crippen LogP contribution in [0, 0.1) is 0 Å². The van der Waals surface area contributed by atoms with Crippen molar-refractivity contribution < 1.29 is 29.0 Å². The number of aliphatic carboxylic acids is 1. The summed E-state index contributed by atoms with van der Waals surface area (Å²) in [6, 6.07) is 13.4. The lowest BCUT2D eigenvalue weighted by atomic mass is 10.2. The number of hydrogen-bond donors (Lipinski definition) is 3. The molecule has 3 rings (SSSR count). The predicted octanol–water partition coefficient (Wildman–Crippen LogP) is 1.67. The van der Waals surface area contributed by atoms with Gasteiger partial charge in [-0.3, -0.25) is 14.4 Å². The zero-order chi connectivity index (χ0) is 19.2.